The van der Waals surface area contributed by atoms with Gasteiger partial charge in [-0.1, -0.05) is 0 Å². The Balaban J connectivity index is 2.31. The molecule has 0 radical (unpaired) electrons. The molecule has 2 aromatic rings. The highest BCUT2D eigenvalue weighted by atomic mass is 32.1. The molecule has 0 bridgehead atoms. The number of hydrogen-bond donors (Lipinski definition) is 1. The molecule has 2 rings (SSSR count). The molecule has 0 saturated carbocycles. The fourth-order valence-corrected chi connectivity index (χ4v) is 2.14. The van der Waals surface area contributed by atoms with Crippen molar-refractivity contribution in [2.45, 2.75) is 26.4 Å². The number of methoxy groups -OCH3 is 1. The van der Waals surface area contributed by atoms with E-state index in [2.05, 4.69) is 35.8 Å². The lowest BCUT2D eigenvalue weighted by atomic mass is 10.3. The van der Waals surface area contributed by atoms with Gasteiger partial charge >= 0.3 is 0 Å². The Morgan fingerprint density at radius 3 is 2.84 bits per heavy atom. The van der Waals surface area contributed by atoms with Crippen LogP contribution in [0.2, 0.25) is 0 Å². The van der Waals surface area contributed by atoms with Crippen molar-refractivity contribution in [2.24, 2.45) is 0 Å². The van der Waals surface area contributed by atoms with Crippen LogP contribution in [0.1, 0.15) is 13.8 Å². The van der Waals surface area contributed by atoms with Gasteiger partial charge in [0.25, 0.3) is 0 Å². The predicted octanol–water partition coefficient (Wildman–Crippen LogP) is 2.44. The molecular formula is C13H20N4OS. The molecule has 0 fully saturated rings. The number of fused-ring (bicyclic) bond motifs is 1. The van der Waals surface area contributed by atoms with Crippen molar-refractivity contribution in [3.05, 3.63) is 16.9 Å². The smallest absolute Gasteiger partial charge is 0.215 e. The molecule has 0 amide bonds. The summed E-state index contributed by atoms with van der Waals surface area (Å²) in [6, 6.07) is 4.29. The number of hydrogen-bond acceptors (Lipinski definition) is 4. The first-order valence-corrected chi connectivity index (χ1v) is 6.77. The van der Waals surface area contributed by atoms with Crippen molar-refractivity contribution in [3.8, 4) is 5.88 Å². The average molecular weight is 280 g/mol. The first-order chi connectivity index (χ1) is 9.02. The summed E-state index contributed by atoms with van der Waals surface area (Å²) in [5.41, 5.74) is 1.79. The van der Waals surface area contributed by atoms with E-state index in [0.717, 1.165) is 24.3 Å². The normalized spacial score (nSPS) is 11.7. The summed E-state index contributed by atoms with van der Waals surface area (Å²) in [6.07, 6.45) is 0. The van der Waals surface area contributed by atoms with Crippen molar-refractivity contribution >= 4 is 23.4 Å². The monoisotopic (exact) mass is 280 g/mol. The van der Waals surface area contributed by atoms with Crippen LogP contribution in [0.15, 0.2) is 12.1 Å². The maximum atomic E-state index is 5.36. The first-order valence-electron chi connectivity index (χ1n) is 6.36. The number of nitrogens with one attached hydrogen (secondary N) is 1. The molecular weight excluding hydrogens is 260 g/mol. The van der Waals surface area contributed by atoms with Crippen LogP contribution in [0.3, 0.4) is 0 Å². The third-order valence-electron chi connectivity index (χ3n) is 3.36. The maximum absolute atomic E-state index is 5.36. The zero-order chi connectivity index (χ0) is 14.0. The minimum Gasteiger partial charge on any atom is -0.481 e. The van der Waals surface area contributed by atoms with Crippen LogP contribution >= 0.6 is 12.2 Å². The molecule has 1 N–H and O–H groups in total. The fourth-order valence-electron chi connectivity index (χ4n) is 1.85. The zero-order valence-electron chi connectivity index (χ0n) is 11.8. The number of nitrogens with zero attached hydrogens (tertiary/aromatic N) is 3. The van der Waals surface area contributed by atoms with Crippen LogP contribution in [0.4, 0.5) is 0 Å². The summed E-state index contributed by atoms with van der Waals surface area (Å²) in [7, 11) is 3.73. The van der Waals surface area contributed by atoms with Crippen LogP contribution in [0, 0.1) is 4.77 Å². The van der Waals surface area contributed by atoms with Gasteiger partial charge in [-0.05, 0) is 39.2 Å². The molecule has 0 spiro atoms. The summed E-state index contributed by atoms with van der Waals surface area (Å²) < 4.78 is 7.89. The lowest BCUT2D eigenvalue weighted by molar-refractivity contribution is 0.263. The highest BCUT2D eigenvalue weighted by Gasteiger charge is 2.09. The minimum absolute atomic E-state index is 0.516. The first kappa shape index (κ1) is 14.0. The van der Waals surface area contributed by atoms with Crippen LogP contribution in [0.5, 0.6) is 5.88 Å². The second-order valence-electron chi connectivity index (χ2n) is 4.88. The Bertz CT molecular complexity index is 617. The van der Waals surface area contributed by atoms with Crippen LogP contribution in [-0.4, -0.2) is 46.2 Å². The summed E-state index contributed by atoms with van der Waals surface area (Å²) in [5.74, 6) is 0.604. The summed E-state index contributed by atoms with van der Waals surface area (Å²) in [4.78, 5) is 9.91. The summed E-state index contributed by atoms with van der Waals surface area (Å²) >= 11 is 5.36. The van der Waals surface area contributed by atoms with Gasteiger partial charge in [0.1, 0.15) is 0 Å². The topological polar surface area (TPSA) is 46.1 Å². The quantitative estimate of drug-likeness (QED) is 0.855. The minimum atomic E-state index is 0.516. The molecule has 0 aliphatic carbocycles. The van der Waals surface area contributed by atoms with Crippen LogP contribution < -0.4 is 4.74 Å². The van der Waals surface area contributed by atoms with E-state index in [1.807, 2.05) is 16.7 Å². The molecule has 5 nitrogen and oxygen atoms in total. The number of H-pyrrole nitrogens is 1. The maximum Gasteiger partial charge on any atom is 0.215 e. The van der Waals surface area contributed by atoms with E-state index in [4.69, 9.17) is 17.0 Å². The van der Waals surface area contributed by atoms with Crippen molar-refractivity contribution in [1.29, 1.82) is 0 Å². The molecule has 0 unspecified atom stereocenters. The molecule has 6 heteroatoms. The van der Waals surface area contributed by atoms with E-state index in [-0.39, 0.29) is 0 Å². The number of pyridine rings is 1. The van der Waals surface area contributed by atoms with Crippen LogP contribution in [0.25, 0.3) is 11.2 Å². The molecule has 104 valence electrons. The molecule has 0 aliphatic rings. The van der Waals surface area contributed by atoms with Gasteiger partial charge in [-0.25, -0.2) is 0 Å². The Morgan fingerprint density at radius 2 is 2.21 bits per heavy atom. The van der Waals surface area contributed by atoms with E-state index in [1.165, 1.54) is 0 Å². The second kappa shape index (κ2) is 5.71. The standard InChI is InChI=1S/C13H20N4OS/c1-9(2)16(3)7-8-17-12-10(14-13(17)19)5-6-11(15-12)18-4/h5-6,9H,7-8H2,1-4H3,(H,14,19). The van der Waals surface area contributed by atoms with Crippen molar-refractivity contribution in [1.82, 2.24) is 19.4 Å². The fraction of sp³-hybridized carbons (Fsp3) is 0.538. The number of aromatic amines is 1. The Hall–Kier alpha value is -1.40. The largest absolute Gasteiger partial charge is 0.481 e. The Labute approximate surface area is 118 Å². The highest BCUT2D eigenvalue weighted by molar-refractivity contribution is 7.71. The van der Waals surface area contributed by atoms with E-state index < -0.39 is 0 Å². The van der Waals surface area contributed by atoms with Gasteiger partial charge in [-0.2, -0.15) is 4.98 Å². The van der Waals surface area contributed by atoms with Crippen molar-refractivity contribution in [2.75, 3.05) is 20.7 Å². The Morgan fingerprint density at radius 1 is 1.47 bits per heavy atom. The molecule has 0 saturated heterocycles. The number of imidazole rings is 1. The molecule has 2 heterocycles. The van der Waals surface area contributed by atoms with Crippen molar-refractivity contribution < 1.29 is 4.74 Å². The van der Waals surface area contributed by atoms with E-state index >= 15 is 0 Å². The summed E-state index contributed by atoms with van der Waals surface area (Å²) in [5, 5.41) is 0. The van der Waals surface area contributed by atoms with Gasteiger partial charge in [-0.3, -0.25) is 0 Å². The van der Waals surface area contributed by atoms with Crippen LogP contribution in [-0.2, 0) is 6.54 Å². The SMILES string of the molecule is COc1ccc2[nH]c(=S)n(CCN(C)C(C)C)c2n1. The third kappa shape index (κ3) is 2.96. The van der Waals surface area contributed by atoms with E-state index in [9.17, 15) is 0 Å². The van der Waals surface area contributed by atoms with Gasteiger partial charge in [0.15, 0.2) is 10.4 Å². The van der Waals surface area contributed by atoms with Gasteiger partial charge < -0.3 is 19.2 Å². The molecule has 19 heavy (non-hydrogen) atoms. The number of ether oxygens (including phenoxy) is 1. The number of aromatic nitrogens is 3. The third-order valence-corrected chi connectivity index (χ3v) is 3.68. The second-order valence-corrected chi connectivity index (χ2v) is 5.27. The van der Waals surface area contributed by atoms with Crippen molar-refractivity contribution in [3.63, 3.8) is 0 Å². The molecule has 0 atom stereocenters. The predicted molar refractivity (Wildman–Crippen MR) is 79.2 cm³/mol. The summed E-state index contributed by atoms with van der Waals surface area (Å²) in [6.45, 7) is 6.09. The van der Waals surface area contributed by atoms with Gasteiger partial charge in [0.05, 0.1) is 12.6 Å². The van der Waals surface area contributed by atoms with E-state index in [1.54, 1.807) is 7.11 Å². The van der Waals surface area contributed by atoms with Gasteiger partial charge in [0.2, 0.25) is 5.88 Å². The number of rotatable bonds is 5. The molecule has 0 aromatic carbocycles. The zero-order valence-corrected chi connectivity index (χ0v) is 12.6. The Kier molecular flexibility index (Phi) is 4.21. The molecule has 0 aliphatic heterocycles. The lowest BCUT2D eigenvalue weighted by Gasteiger charge is -2.21. The highest BCUT2D eigenvalue weighted by Crippen LogP contribution is 2.16. The lowest BCUT2D eigenvalue weighted by Crippen LogP contribution is -2.29. The average Bonchev–Trinajstić information content (AvgIpc) is 2.70. The van der Waals surface area contributed by atoms with E-state index in [0.29, 0.717) is 16.7 Å². The molecule has 2 aromatic heterocycles. The van der Waals surface area contributed by atoms with Gasteiger partial charge in [-0.15, -0.1) is 0 Å². The number of likely N-dealkylation sites (N-methyl/N-ethyl adjacent to an activating group) is 1. The van der Waals surface area contributed by atoms with Gasteiger partial charge in [0, 0.05) is 25.2 Å².